The molecule has 57 heavy (non-hydrogen) atoms. The Morgan fingerprint density at radius 3 is 2.09 bits per heavy atom. The van der Waals surface area contributed by atoms with E-state index >= 15 is 0 Å². The molecule has 1 N–H and O–H groups in total. The number of ether oxygens (including phenoxy) is 5. The van der Waals surface area contributed by atoms with E-state index in [1.54, 1.807) is 21.1 Å². The van der Waals surface area contributed by atoms with Crippen molar-refractivity contribution in [1.29, 1.82) is 5.26 Å². The molecule has 2 saturated heterocycles. The molecule has 2 bridgehead atoms. The van der Waals surface area contributed by atoms with Crippen LogP contribution in [0.25, 0.3) is 0 Å². The molecule has 0 aliphatic carbocycles. The van der Waals surface area contributed by atoms with Crippen molar-refractivity contribution < 1.29 is 32.7 Å². The van der Waals surface area contributed by atoms with Gasteiger partial charge in [-0.05, 0) is 81.1 Å². The van der Waals surface area contributed by atoms with E-state index in [2.05, 4.69) is 50.0 Å². The number of aromatic amines is 1. The molecule has 14 heteroatoms. The highest BCUT2D eigenvalue weighted by molar-refractivity contribution is 7.44. The molecule has 2 aliphatic heterocycles. The number of H-pyrrole nitrogens is 1. The Morgan fingerprint density at radius 1 is 0.965 bits per heavy atom. The summed E-state index contributed by atoms with van der Waals surface area (Å²) in [5.41, 5.74) is 0.948. The Labute approximate surface area is 334 Å². The summed E-state index contributed by atoms with van der Waals surface area (Å²) in [7, 11) is 1.39. The molecule has 0 saturated carbocycles. The summed E-state index contributed by atoms with van der Waals surface area (Å²) in [6, 6.07) is 27.3. The second-order valence-corrected chi connectivity index (χ2v) is 16.0. The van der Waals surface area contributed by atoms with Crippen LogP contribution in [0.2, 0.25) is 0 Å². The van der Waals surface area contributed by atoms with Crippen LogP contribution in [0.4, 0.5) is 0 Å². The van der Waals surface area contributed by atoms with Gasteiger partial charge in [0, 0.05) is 23.8 Å². The van der Waals surface area contributed by atoms with Crippen LogP contribution in [-0.2, 0) is 28.9 Å². The maximum atomic E-state index is 13.6. The zero-order valence-electron chi connectivity index (χ0n) is 33.5. The van der Waals surface area contributed by atoms with Gasteiger partial charge in [-0.3, -0.25) is 14.3 Å². The van der Waals surface area contributed by atoms with Crippen molar-refractivity contribution in [3.05, 3.63) is 140 Å². The van der Waals surface area contributed by atoms with Crippen LogP contribution in [-0.4, -0.2) is 72.2 Å². The van der Waals surface area contributed by atoms with E-state index < -0.39 is 49.4 Å². The Kier molecular flexibility index (Phi) is 13.2. The SMILES string of the molecule is C=C1CO[C@]2(COC(c3ccccc3)(c3ccc(OC)cc3)c3ccc(OC)cc3)O[C@@H](n3cc(C)c(=O)[nH]c3=O)[C@H]1[C@@H]2OP(OCCC#N)N(C(C)C)C(C)C. The first-order valence-corrected chi connectivity index (χ1v) is 20.1. The molecule has 2 aliphatic rings. The summed E-state index contributed by atoms with van der Waals surface area (Å²) < 4.78 is 49.1. The molecule has 6 rings (SSSR count). The molecular weight excluding hydrogens is 747 g/mol. The third kappa shape index (κ3) is 8.36. The van der Waals surface area contributed by atoms with Crippen LogP contribution in [0, 0.1) is 24.2 Å². The zero-order valence-corrected chi connectivity index (χ0v) is 34.4. The fourth-order valence-electron chi connectivity index (χ4n) is 7.59. The third-order valence-electron chi connectivity index (χ3n) is 10.3. The largest absolute Gasteiger partial charge is 0.497 e. The van der Waals surface area contributed by atoms with E-state index in [1.165, 1.54) is 10.8 Å². The van der Waals surface area contributed by atoms with Crippen LogP contribution in [0.1, 0.15) is 62.6 Å². The van der Waals surface area contributed by atoms with Gasteiger partial charge in [0.25, 0.3) is 14.1 Å². The molecule has 302 valence electrons. The second kappa shape index (κ2) is 17.9. The maximum absolute atomic E-state index is 13.6. The number of hydrogen-bond acceptors (Lipinski definition) is 11. The summed E-state index contributed by atoms with van der Waals surface area (Å²) in [6.45, 7) is 14.2. The number of nitrogens with zero attached hydrogens (tertiary/aromatic N) is 3. The lowest BCUT2D eigenvalue weighted by atomic mass is 9.79. The van der Waals surface area contributed by atoms with Gasteiger partial charge >= 0.3 is 5.69 Å². The predicted molar refractivity (Wildman–Crippen MR) is 216 cm³/mol. The van der Waals surface area contributed by atoms with Gasteiger partial charge in [0.1, 0.15) is 29.8 Å². The second-order valence-electron chi connectivity index (χ2n) is 14.6. The molecule has 2 fully saturated rings. The first-order chi connectivity index (χ1) is 27.4. The number of nitrogens with one attached hydrogen (secondary N) is 1. The number of fused-ring (bicyclic) bond motifs is 2. The molecule has 0 radical (unpaired) electrons. The van der Waals surface area contributed by atoms with Crippen molar-refractivity contribution >= 4 is 8.53 Å². The normalized spacial score (nSPS) is 21.2. The summed E-state index contributed by atoms with van der Waals surface area (Å²) in [5, 5.41) is 9.43. The van der Waals surface area contributed by atoms with Gasteiger partial charge in [-0.25, -0.2) is 9.46 Å². The van der Waals surface area contributed by atoms with Crippen molar-refractivity contribution in [2.75, 3.05) is 34.0 Å². The number of aromatic nitrogens is 2. The molecular formula is C43H51N4O9P. The van der Waals surface area contributed by atoms with E-state index in [4.69, 9.17) is 32.7 Å². The number of benzene rings is 3. The number of hydrogen-bond donors (Lipinski definition) is 1. The van der Waals surface area contributed by atoms with E-state index in [0.29, 0.717) is 22.6 Å². The van der Waals surface area contributed by atoms with Gasteiger partial charge in [0.15, 0.2) is 6.23 Å². The topological polar surface area (TPSA) is 146 Å². The van der Waals surface area contributed by atoms with E-state index in [1.807, 2.05) is 78.9 Å². The van der Waals surface area contributed by atoms with Crippen LogP contribution >= 0.6 is 8.53 Å². The minimum absolute atomic E-state index is 0.00665. The molecule has 1 aromatic heterocycles. The van der Waals surface area contributed by atoms with E-state index in [-0.39, 0.29) is 38.3 Å². The molecule has 3 aromatic carbocycles. The van der Waals surface area contributed by atoms with Gasteiger partial charge in [0.2, 0.25) is 5.79 Å². The summed E-state index contributed by atoms with van der Waals surface area (Å²) in [5.74, 6) is -0.942. The predicted octanol–water partition coefficient (Wildman–Crippen LogP) is 6.96. The van der Waals surface area contributed by atoms with Crippen LogP contribution < -0.4 is 20.7 Å². The average molecular weight is 799 g/mol. The highest BCUT2D eigenvalue weighted by Gasteiger charge is 2.64. The van der Waals surface area contributed by atoms with Crippen LogP contribution in [0.3, 0.4) is 0 Å². The molecule has 5 atom stereocenters. The van der Waals surface area contributed by atoms with Crippen molar-refractivity contribution in [3.8, 4) is 17.6 Å². The minimum Gasteiger partial charge on any atom is -0.497 e. The van der Waals surface area contributed by atoms with Crippen molar-refractivity contribution in [1.82, 2.24) is 14.2 Å². The van der Waals surface area contributed by atoms with Gasteiger partial charge in [0.05, 0.1) is 45.8 Å². The summed E-state index contributed by atoms with van der Waals surface area (Å²) >= 11 is 0. The number of aryl methyl sites for hydroxylation is 1. The van der Waals surface area contributed by atoms with E-state index in [0.717, 1.165) is 16.7 Å². The van der Waals surface area contributed by atoms with Crippen LogP contribution in [0.15, 0.2) is 107 Å². The Balaban J connectivity index is 1.54. The van der Waals surface area contributed by atoms with Crippen molar-refractivity contribution in [2.45, 2.75) is 76.8 Å². The summed E-state index contributed by atoms with van der Waals surface area (Å²) in [4.78, 5) is 28.5. The highest BCUT2D eigenvalue weighted by Crippen LogP contribution is 2.58. The lowest BCUT2D eigenvalue weighted by Crippen LogP contribution is -2.54. The van der Waals surface area contributed by atoms with Gasteiger partial charge in [-0.1, -0.05) is 61.2 Å². The fraction of sp³-hybridized carbons (Fsp3) is 0.419. The third-order valence-corrected chi connectivity index (χ3v) is 12.4. The van der Waals surface area contributed by atoms with Crippen LogP contribution in [0.5, 0.6) is 11.5 Å². The Hall–Kier alpha value is -4.64. The van der Waals surface area contributed by atoms with Crippen molar-refractivity contribution in [2.24, 2.45) is 5.92 Å². The first-order valence-electron chi connectivity index (χ1n) is 18.9. The number of nitriles is 1. The number of rotatable bonds is 17. The highest BCUT2D eigenvalue weighted by atomic mass is 31.2. The first kappa shape index (κ1) is 42.0. The molecule has 3 heterocycles. The Morgan fingerprint density at radius 2 is 1.54 bits per heavy atom. The monoisotopic (exact) mass is 798 g/mol. The smallest absolute Gasteiger partial charge is 0.330 e. The Bertz CT molecular complexity index is 2100. The van der Waals surface area contributed by atoms with Gasteiger partial charge in [-0.15, -0.1) is 0 Å². The van der Waals surface area contributed by atoms with E-state index in [9.17, 15) is 14.9 Å². The molecule has 0 amide bonds. The van der Waals surface area contributed by atoms with Gasteiger partial charge < -0.3 is 32.7 Å². The average Bonchev–Trinajstić information content (AvgIpc) is 3.43. The summed E-state index contributed by atoms with van der Waals surface area (Å²) in [6.07, 6.45) is -0.301. The standard InChI is InChI=1S/C43H51N4O9P/c1-28(2)47(29(3)4)57(54-24-12-23-44)56-38-37-31(6)26-52-42(38,55-40(37)46-25-30(5)39(48)45-41(46)49)27-53-43(32-13-10-9-11-14-32,33-15-19-35(50-7)20-16-33)34-17-21-36(51-8)22-18-34/h9-11,13-22,25,28-29,37-38,40H,6,12,24,26-27H2,1-5,7-8H3,(H,45,48,49)/t37-,38+,40-,42-,57?/m1/s1. The minimum atomic E-state index is -1.84. The molecule has 0 spiro atoms. The molecule has 1 unspecified atom stereocenters. The maximum Gasteiger partial charge on any atom is 0.330 e. The van der Waals surface area contributed by atoms with Gasteiger partial charge in [-0.2, -0.15) is 5.26 Å². The molecule has 4 aromatic rings. The van der Waals surface area contributed by atoms with Crippen molar-refractivity contribution in [3.63, 3.8) is 0 Å². The lowest BCUT2D eigenvalue weighted by Gasteiger charge is -2.45. The molecule has 13 nitrogen and oxygen atoms in total. The lowest BCUT2D eigenvalue weighted by molar-refractivity contribution is -0.290. The zero-order chi connectivity index (χ0) is 40.9. The fourth-order valence-corrected chi connectivity index (χ4v) is 9.38. The quantitative estimate of drug-likeness (QED) is 0.0512. The number of methoxy groups -OCH3 is 2.